The van der Waals surface area contributed by atoms with Crippen molar-refractivity contribution in [2.45, 2.75) is 16.6 Å². The summed E-state index contributed by atoms with van der Waals surface area (Å²) in [4.78, 5) is 24.6. The summed E-state index contributed by atoms with van der Waals surface area (Å²) >= 11 is 2.80. The van der Waals surface area contributed by atoms with Crippen molar-refractivity contribution in [1.82, 2.24) is 19.7 Å². The number of nitrogens with two attached hydrogens (primary N) is 1. The molecule has 0 spiro atoms. The van der Waals surface area contributed by atoms with Gasteiger partial charge in [-0.3, -0.25) is 9.69 Å². The lowest BCUT2D eigenvalue weighted by Crippen LogP contribution is -2.68. The Kier molecular flexibility index (Phi) is 7.17. The highest BCUT2D eigenvalue weighted by molar-refractivity contribution is 8.02. The highest BCUT2D eigenvalue weighted by Crippen LogP contribution is 2.39. The van der Waals surface area contributed by atoms with Gasteiger partial charge in [0.25, 0.3) is 0 Å². The van der Waals surface area contributed by atoms with Gasteiger partial charge in [-0.25, -0.2) is 4.79 Å². The third-order valence-electron chi connectivity index (χ3n) is 3.35. The molecule has 0 aliphatic carbocycles. The standard InChI is InChI=1S/C12H13N5O3S2.2ClH/c1-16-5-14-15-12(16)21-3-2-6-4-22-10-7(13)9(18)17(10)8(6)11(19)20;;/h2-3,5,7,10H,4,13H2,1H3,(H,19,20);2*1H/t7-,10-;;/m1../s1. The van der Waals surface area contributed by atoms with Crippen LogP contribution in [0.15, 0.2) is 34.2 Å². The normalized spacial score (nSPS) is 22.6. The number of carbonyl (C=O) groups is 2. The number of hydrogen-bond acceptors (Lipinski definition) is 7. The number of aryl methyl sites for hydroxylation is 1. The predicted octanol–water partition coefficient (Wildman–Crippen LogP) is 0.846. The van der Waals surface area contributed by atoms with Gasteiger partial charge in [-0.2, -0.15) is 0 Å². The summed E-state index contributed by atoms with van der Waals surface area (Å²) in [7, 11) is 1.82. The number of nitrogens with zero attached hydrogens (tertiary/aromatic N) is 4. The first-order chi connectivity index (χ1) is 10.5. The van der Waals surface area contributed by atoms with Crippen LogP contribution in [0.3, 0.4) is 0 Å². The number of fused-ring (bicyclic) bond motifs is 1. The molecule has 0 radical (unpaired) electrons. The molecule has 2 atom stereocenters. The van der Waals surface area contributed by atoms with E-state index in [0.29, 0.717) is 16.5 Å². The van der Waals surface area contributed by atoms with Crippen LogP contribution in [-0.2, 0) is 16.6 Å². The average molecular weight is 412 g/mol. The summed E-state index contributed by atoms with van der Waals surface area (Å²) in [5.74, 6) is -0.963. The average Bonchev–Trinajstić information content (AvgIpc) is 2.91. The van der Waals surface area contributed by atoms with Crippen molar-refractivity contribution in [3.8, 4) is 0 Å². The SMILES string of the molecule is Cl.Cl.Cn1cnnc1SC=CC1=C(C(=O)O)N2C(=O)[C@@H](N)[C@H]2SC1. The minimum absolute atomic E-state index is 0. The maximum Gasteiger partial charge on any atom is 0.352 e. The molecule has 2 aliphatic heterocycles. The van der Waals surface area contributed by atoms with Crippen molar-refractivity contribution in [1.29, 1.82) is 0 Å². The fourth-order valence-electron chi connectivity index (χ4n) is 2.22. The molecule has 0 bridgehead atoms. The molecule has 0 saturated carbocycles. The third-order valence-corrected chi connectivity index (χ3v) is 5.53. The lowest BCUT2D eigenvalue weighted by Gasteiger charge is -2.47. The quantitative estimate of drug-likeness (QED) is 0.553. The van der Waals surface area contributed by atoms with Crippen LogP contribution in [0.5, 0.6) is 0 Å². The van der Waals surface area contributed by atoms with Crippen molar-refractivity contribution in [3.05, 3.63) is 29.1 Å². The lowest BCUT2D eigenvalue weighted by atomic mass is 10.0. The fraction of sp³-hybridized carbons (Fsp3) is 0.333. The van der Waals surface area contributed by atoms with E-state index in [2.05, 4.69) is 10.2 Å². The number of aliphatic carboxylic acids is 1. The molecule has 24 heavy (non-hydrogen) atoms. The van der Waals surface area contributed by atoms with Crippen molar-refractivity contribution < 1.29 is 14.7 Å². The van der Waals surface area contributed by atoms with Gasteiger partial charge in [-0.1, -0.05) is 11.8 Å². The largest absolute Gasteiger partial charge is 0.477 e. The summed E-state index contributed by atoms with van der Waals surface area (Å²) in [6.07, 6.45) is 3.28. The first-order valence-corrected chi connectivity index (χ1v) is 8.27. The predicted molar refractivity (Wildman–Crippen MR) is 96.2 cm³/mol. The summed E-state index contributed by atoms with van der Waals surface area (Å²) < 4.78 is 1.76. The molecule has 1 fully saturated rings. The van der Waals surface area contributed by atoms with Crippen molar-refractivity contribution in [3.63, 3.8) is 0 Å². The first-order valence-electron chi connectivity index (χ1n) is 6.34. The Morgan fingerprint density at radius 2 is 2.25 bits per heavy atom. The van der Waals surface area contributed by atoms with Gasteiger partial charge < -0.3 is 15.4 Å². The highest BCUT2D eigenvalue weighted by atomic mass is 35.5. The smallest absolute Gasteiger partial charge is 0.352 e. The van der Waals surface area contributed by atoms with Gasteiger partial charge in [0.05, 0.1) is 0 Å². The van der Waals surface area contributed by atoms with E-state index in [1.54, 1.807) is 22.4 Å². The highest BCUT2D eigenvalue weighted by Gasteiger charge is 2.51. The van der Waals surface area contributed by atoms with Gasteiger partial charge in [0.15, 0.2) is 5.16 Å². The third kappa shape index (κ3) is 3.57. The number of carbonyl (C=O) groups excluding carboxylic acids is 1. The van der Waals surface area contributed by atoms with E-state index in [-0.39, 0.29) is 41.8 Å². The Labute approximate surface area is 158 Å². The molecule has 3 heterocycles. The zero-order chi connectivity index (χ0) is 15.9. The van der Waals surface area contributed by atoms with Crippen LogP contribution in [-0.4, -0.2) is 53.8 Å². The van der Waals surface area contributed by atoms with Crippen LogP contribution in [0.4, 0.5) is 0 Å². The monoisotopic (exact) mass is 411 g/mol. The molecule has 1 aromatic heterocycles. The number of aromatic nitrogens is 3. The second kappa shape index (κ2) is 8.26. The maximum atomic E-state index is 11.8. The molecule has 2 aliphatic rings. The number of allylic oxidation sites excluding steroid dienone is 1. The van der Waals surface area contributed by atoms with E-state index in [9.17, 15) is 14.7 Å². The second-order valence-electron chi connectivity index (χ2n) is 4.76. The fourth-order valence-corrected chi connectivity index (χ4v) is 4.15. The Morgan fingerprint density at radius 3 is 2.83 bits per heavy atom. The second-order valence-corrected chi connectivity index (χ2v) is 6.74. The molecule has 1 saturated heterocycles. The van der Waals surface area contributed by atoms with Crippen molar-refractivity contribution in [2.75, 3.05) is 5.75 Å². The molecule has 1 amide bonds. The van der Waals surface area contributed by atoms with E-state index >= 15 is 0 Å². The van der Waals surface area contributed by atoms with Crippen LogP contribution >= 0.6 is 48.3 Å². The number of carboxylic acid groups (broad SMARTS) is 1. The number of carboxylic acids is 1. The van der Waals surface area contributed by atoms with Crippen LogP contribution in [0, 0.1) is 0 Å². The molecule has 132 valence electrons. The summed E-state index contributed by atoms with van der Waals surface area (Å²) in [6, 6.07) is -0.613. The van der Waals surface area contributed by atoms with Gasteiger partial charge in [-0.15, -0.1) is 46.8 Å². The van der Waals surface area contributed by atoms with Gasteiger partial charge in [0.2, 0.25) is 5.91 Å². The Bertz CT molecular complexity index is 709. The molecule has 3 rings (SSSR count). The van der Waals surface area contributed by atoms with Gasteiger partial charge >= 0.3 is 5.97 Å². The molecule has 12 heteroatoms. The number of hydrogen-bond donors (Lipinski definition) is 2. The molecule has 0 aromatic carbocycles. The topological polar surface area (TPSA) is 114 Å². The number of amides is 1. The molecule has 1 aromatic rings. The molecular formula is C12H15Cl2N5O3S2. The van der Waals surface area contributed by atoms with Crippen LogP contribution in [0.1, 0.15) is 0 Å². The van der Waals surface area contributed by atoms with Gasteiger partial charge in [-0.05, 0) is 17.1 Å². The molecule has 3 N–H and O–H groups in total. The lowest BCUT2D eigenvalue weighted by molar-refractivity contribution is -0.147. The Morgan fingerprint density at radius 1 is 1.54 bits per heavy atom. The minimum atomic E-state index is -1.12. The van der Waals surface area contributed by atoms with E-state index < -0.39 is 12.0 Å². The summed E-state index contributed by atoms with van der Waals surface area (Å²) in [5.41, 5.74) is 6.30. The summed E-state index contributed by atoms with van der Waals surface area (Å²) in [6.45, 7) is 0. The maximum absolute atomic E-state index is 11.8. The number of thioether (sulfide) groups is 2. The zero-order valence-electron chi connectivity index (χ0n) is 12.4. The Balaban J connectivity index is 0.00000144. The van der Waals surface area contributed by atoms with Crippen molar-refractivity contribution in [2.24, 2.45) is 12.8 Å². The van der Waals surface area contributed by atoms with Crippen LogP contribution in [0.25, 0.3) is 0 Å². The van der Waals surface area contributed by atoms with E-state index in [1.807, 2.05) is 7.05 Å². The zero-order valence-corrected chi connectivity index (χ0v) is 15.6. The number of rotatable bonds is 4. The summed E-state index contributed by atoms with van der Waals surface area (Å²) in [5, 5.41) is 19.2. The molecule has 8 nitrogen and oxygen atoms in total. The van der Waals surface area contributed by atoms with Crippen LogP contribution in [0.2, 0.25) is 0 Å². The molecule has 0 unspecified atom stereocenters. The van der Waals surface area contributed by atoms with E-state index in [1.165, 1.54) is 28.4 Å². The van der Waals surface area contributed by atoms with Gasteiger partial charge in [0.1, 0.15) is 23.4 Å². The number of β-lactam (4-membered cyclic amide) rings is 1. The first kappa shape index (κ1) is 20.8. The van der Waals surface area contributed by atoms with E-state index in [4.69, 9.17) is 5.73 Å². The minimum Gasteiger partial charge on any atom is -0.477 e. The number of halogens is 2. The Hall–Kier alpha value is -1.20. The van der Waals surface area contributed by atoms with E-state index in [0.717, 1.165) is 0 Å². The van der Waals surface area contributed by atoms with Gasteiger partial charge in [0, 0.05) is 12.8 Å². The molecular weight excluding hydrogens is 397 g/mol. The van der Waals surface area contributed by atoms with Crippen molar-refractivity contribution >= 4 is 60.2 Å². The van der Waals surface area contributed by atoms with Crippen LogP contribution < -0.4 is 5.73 Å².